The molecule has 0 fully saturated rings. The lowest BCUT2D eigenvalue weighted by Crippen LogP contribution is -2.49. The standard InChI is InChI=1S/C22H21N5O4/c1-27-19-10-15(23)16(24)11-20(19)30-12-18(22(27)29)26-21(28)17-9-14(7-8-25-17)31-13-5-3-2-4-6-13/h2-11,18H,12,23-24H2,1H3,(H,26,28). The van der Waals surface area contributed by atoms with Crippen LogP contribution in [0.1, 0.15) is 10.5 Å². The third-order valence-corrected chi connectivity index (χ3v) is 4.81. The Bertz CT molecular complexity index is 1140. The van der Waals surface area contributed by atoms with E-state index in [1.165, 1.54) is 17.2 Å². The first-order valence-corrected chi connectivity index (χ1v) is 9.51. The van der Waals surface area contributed by atoms with Crippen LogP contribution in [0.4, 0.5) is 17.1 Å². The van der Waals surface area contributed by atoms with E-state index in [1.54, 1.807) is 37.4 Å². The molecule has 0 bridgehead atoms. The first-order valence-electron chi connectivity index (χ1n) is 9.51. The Balaban J connectivity index is 1.50. The summed E-state index contributed by atoms with van der Waals surface area (Å²) in [5.74, 6) is 0.609. The number of pyridine rings is 1. The number of amides is 2. The Morgan fingerprint density at radius 1 is 1.13 bits per heavy atom. The number of carbonyl (C=O) groups excluding carboxylic acids is 2. The van der Waals surface area contributed by atoms with Crippen LogP contribution < -0.4 is 31.2 Å². The Morgan fingerprint density at radius 2 is 1.87 bits per heavy atom. The van der Waals surface area contributed by atoms with Gasteiger partial charge in [-0.1, -0.05) is 18.2 Å². The van der Waals surface area contributed by atoms with Gasteiger partial charge in [-0.15, -0.1) is 0 Å². The largest absolute Gasteiger partial charge is 0.489 e. The molecule has 0 aliphatic carbocycles. The van der Waals surface area contributed by atoms with Crippen LogP contribution in [0.3, 0.4) is 0 Å². The summed E-state index contributed by atoms with van der Waals surface area (Å²) in [5.41, 5.74) is 13.0. The molecule has 158 valence electrons. The van der Waals surface area contributed by atoms with Crippen LogP contribution >= 0.6 is 0 Å². The maximum atomic E-state index is 12.9. The number of benzene rings is 2. The lowest BCUT2D eigenvalue weighted by atomic mass is 10.2. The quantitative estimate of drug-likeness (QED) is 0.552. The molecule has 1 aliphatic heterocycles. The third kappa shape index (κ3) is 4.20. The predicted octanol–water partition coefficient (Wildman–Crippen LogP) is 2.19. The van der Waals surface area contributed by atoms with Gasteiger partial charge in [0.05, 0.1) is 17.1 Å². The van der Waals surface area contributed by atoms with E-state index in [2.05, 4.69) is 10.3 Å². The SMILES string of the molecule is CN1C(=O)C(NC(=O)c2cc(Oc3ccccc3)ccn2)COc2cc(N)c(N)cc21. The zero-order valence-electron chi connectivity index (χ0n) is 16.7. The van der Waals surface area contributed by atoms with Gasteiger partial charge < -0.3 is 31.2 Å². The average molecular weight is 419 g/mol. The van der Waals surface area contributed by atoms with Crippen molar-refractivity contribution < 1.29 is 19.1 Å². The summed E-state index contributed by atoms with van der Waals surface area (Å²) in [6.07, 6.45) is 1.46. The molecule has 5 N–H and O–H groups in total. The second kappa shape index (κ2) is 8.23. The van der Waals surface area contributed by atoms with Crippen LogP contribution in [0.15, 0.2) is 60.8 Å². The van der Waals surface area contributed by atoms with Crippen molar-refractivity contribution >= 4 is 28.9 Å². The Morgan fingerprint density at radius 3 is 2.65 bits per heavy atom. The number of likely N-dealkylation sites (N-methyl/N-ethyl adjacent to an activating group) is 1. The highest BCUT2D eigenvalue weighted by Gasteiger charge is 2.31. The van der Waals surface area contributed by atoms with E-state index in [4.69, 9.17) is 20.9 Å². The van der Waals surface area contributed by atoms with Gasteiger partial charge in [-0.25, -0.2) is 0 Å². The van der Waals surface area contributed by atoms with Gasteiger partial charge in [0.1, 0.15) is 35.6 Å². The van der Waals surface area contributed by atoms with Crippen LogP contribution in [0.25, 0.3) is 0 Å². The number of fused-ring (bicyclic) bond motifs is 1. The minimum absolute atomic E-state index is 0.0640. The summed E-state index contributed by atoms with van der Waals surface area (Å²) in [5, 5.41) is 2.67. The second-order valence-electron chi connectivity index (χ2n) is 6.98. The summed E-state index contributed by atoms with van der Waals surface area (Å²) in [4.78, 5) is 31.1. The normalized spacial score (nSPS) is 15.5. The summed E-state index contributed by atoms with van der Waals surface area (Å²) in [6, 6.07) is 14.5. The summed E-state index contributed by atoms with van der Waals surface area (Å²) < 4.78 is 11.5. The topological polar surface area (TPSA) is 133 Å². The van der Waals surface area contributed by atoms with Crippen molar-refractivity contribution in [2.75, 3.05) is 30.0 Å². The number of rotatable bonds is 4. The number of ether oxygens (including phenoxy) is 2. The second-order valence-corrected chi connectivity index (χ2v) is 6.98. The minimum Gasteiger partial charge on any atom is -0.489 e. The minimum atomic E-state index is -0.923. The summed E-state index contributed by atoms with van der Waals surface area (Å²) in [6.45, 7) is -0.0640. The van der Waals surface area contributed by atoms with E-state index in [1.807, 2.05) is 18.2 Å². The van der Waals surface area contributed by atoms with Crippen molar-refractivity contribution in [3.05, 3.63) is 66.5 Å². The first-order chi connectivity index (χ1) is 14.9. The molecule has 2 heterocycles. The van der Waals surface area contributed by atoms with Gasteiger partial charge >= 0.3 is 0 Å². The number of para-hydroxylation sites is 1. The molecule has 3 aromatic rings. The Kier molecular flexibility index (Phi) is 5.31. The van der Waals surface area contributed by atoms with Gasteiger partial charge in [0.25, 0.3) is 11.8 Å². The molecule has 1 aliphatic rings. The molecule has 1 atom stereocenters. The van der Waals surface area contributed by atoms with E-state index < -0.39 is 11.9 Å². The molecule has 9 nitrogen and oxygen atoms in total. The monoisotopic (exact) mass is 419 g/mol. The van der Waals surface area contributed by atoms with Gasteiger partial charge in [0, 0.05) is 25.4 Å². The molecule has 9 heteroatoms. The van der Waals surface area contributed by atoms with E-state index in [9.17, 15) is 9.59 Å². The molecular formula is C22H21N5O4. The molecule has 1 unspecified atom stereocenters. The number of nitrogens with zero attached hydrogens (tertiary/aromatic N) is 2. The van der Waals surface area contributed by atoms with Crippen LogP contribution in [0.5, 0.6) is 17.2 Å². The maximum absolute atomic E-state index is 12.9. The molecule has 0 saturated carbocycles. The summed E-state index contributed by atoms with van der Waals surface area (Å²) >= 11 is 0. The van der Waals surface area contributed by atoms with Crippen LogP contribution in [-0.2, 0) is 4.79 Å². The van der Waals surface area contributed by atoms with Crippen LogP contribution in [-0.4, -0.2) is 36.5 Å². The molecule has 0 spiro atoms. The fourth-order valence-corrected chi connectivity index (χ4v) is 3.13. The fourth-order valence-electron chi connectivity index (χ4n) is 3.13. The molecule has 31 heavy (non-hydrogen) atoms. The molecule has 2 aromatic carbocycles. The maximum Gasteiger partial charge on any atom is 0.270 e. The molecular weight excluding hydrogens is 398 g/mol. The number of nitrogens with two attached hydrogens (primary N) is 2. The zero-order valence-corrected chi connectivity index (χ0v) is 16.7. The molecule has 1 aromatic heterocycles. The van der Waals surface area contributed by atoms with E-state index in [-0.39, 0.29) is 18.2 Å². The number of hydrogen-bond acceptors (Lipinski definition) is 7. The third-order valence-electron chi connectivity index (χ3n) is 4.81. The van der Waals surface area contributed by atoms with Gasteiger partial charge in [-0.3, -0.25) is 14.6 Å². The predicted molar refractivity (Wildman–Crippen MR) is 116 cm³/mol. The highest BCUT2D eigenvalue weighted by atomic mass is 16.5. The molecule has 0 saturated heterocycles. The van der Waals surface area contributed by atoms with Crippen molar-refractivity contribution in [1.29, 1.82) is 0 Å². The number of nitrogens with one attached hydrogen (secondary N) is 1. The van der Waals surface area contributed by atoms with E-state index in [0.29, 0.717) is 34.3 Å². The van der Waals surface area contributed by atoms with Crippen molar-refractivity contribution in [2.45, 2.75) is 6.04 Å². The lowest BCUT2D eigenvalue weighted by molar-refractivity contribution is -0.120. The molecule has 0 radical (unpaired) electrons. The zero-order chi connectivity index (χ0) is 22.0. The Labute approximate surface area is 178 Å². The van der Waals surface area contributed by atoms with Crippen molar-refractivity contribution in [3.8, 4) is 17.2 Å². The molecule has 4 rings (SSSR count). The first kappa shape index (κ1) is 20.0. The Hall–Kier alpha value is -4.27. The number of nitrogen functional groups attached to an aromatic ring is 2. The van der Waals surface area contributed by atoms with E-state index in [0.717, 1.165) is 0 Å². The number of aromatic nitrogens is 1. The highest BCUT2D eigenvalue weighted by molar-refractivity contribution is 6.03. The average Bonchev–Trinajstić information content (AvgIpc) is 2.88. The van der Waals surface area contributed by atoms with Gasteiger partial charge in [-0.2, -0.15) is 0 Å². The molecule has 2 amide bonds. The van der Waals surface area contributed by atoms with Gasteiger partial charge in [0.2, 0.25) is 0 Å². The van der Waals surface area contributed by atoms with E-state index >= 15 is 0 Å². The van der Waals surface area contributed by atoms with Crippen molar-refractivity contribution in [3.63, 3.8) is 0 Å². The fraction of sp³-hybridized carbons (Fsp3) is 0.136. The lowest BCUT2D eigenvalue weighted by Gasteiger charge is -2.20. The van der Waals surface area contributed by atoms with Gasteiger partial charge in [0.15, 0.2) is 0 Å². The van der Waals surface area contributed by atoms with Crippen LogP contribution in [0.2, 0.25) is 0 Å². The smallest absolute Gasteiger partial charge is 0.270 e. The van der Waals surface area contributed by atoms with Crippen molar-refractivity contribution in [1.82, 2.24) is 10.3 Å². The number of anilines is 3. The number of hydrogen-bond donors (Lipinski definition) is 3. The van der Waals surface area contributed by atoms with Gasteiger partial charge in [-0.05, 0) is 24.3 Å². The van der Waals surface area contributed by atoms with Crippen LogP contribution in [0, 0.1) is 0 Å². The highest BCUT2D eigenvalue weighted by Crippen LogP contribution is 2.36. The number of carbonyl (C=O) groups is 2. The van der Waals surface area contributed by atoms with Crippen molar-refractivity contribution in [2.24, 2.45) is 0 Å². The summed E-state index contributed by atoms with van der Waals surface area (Å²) in [7, 11) is 1.58.